The zero-order chi connectivity index (χ0) is 16.2. The van der Waals surface area contributed by atoms with Gasteiger partial charge in [0.2, 0.25) is 11.8 Å². The van der Waals surface area contributed by atoms with Gasteiger partial charge in [0.1, 0.15) is 18.2 Å². The third-order valence-corrected chi connectivity index (χ3v) is 4.65. The minimum atomic E-state index is -0.00722. The molecule has 122 valence electrons. The summed E-state index contributed by atoms with van der Waals surface area (Å²) in [6.07, 6.45) is 2.80. The summed E-state index contributed by atoms with van der Waals surface area (Å²) in [5.41, 5.74) is 0. The standard InChI is InChI=1S/C16H20N4O2S/c1-19(2)14-9-15(18-11-17-14)22-12-5-6-20(10-12)16(21)8-13-4-3-7-23-13/h3-4,7,9,11-12H,5-6,8,10H2,1-2H3. The van der Waals surface area contributed by atoms with E-state index in [1.807, 2.05) is 47.5 Å². The van der Waals surface area contributed by atoms with Crippen LogP contribution in [0.3, 0.4) is 0 Å². The van der Waals surface area contributed by atoms with Crippen LogP contribution in [0.5, 0.6) is 5.88 Å². The molecule has 3 heterocycles. The number of carbonyl (C=O) groups excluding carboxylic acids is 1. The molecule has 1 saturated heterocycles. The van der Waals surface area contributed by atoms with Gasteiger partial charge in [-0.15, -0.1) is 11.3 Å². The summed E-state index contributed by atoms with van der Waals surface area (Å²) >= 11 is 1.62. The van der Waals surface area contributed by atoms with Crippen LogP contribution in [-0.2, 0) is 11.2 Å². The lowest BCUT2D eigenvalue weighted by atomic mass is 10.3. The molecule has 0 radical (unpaired) electrons. The van der Waals surface area contributed by atoms with Crippen molar-refractivity contribution in [2.45, 2.75) is 18.9 Å². The van der Waals surface area contributed by atoms with E-state index in [9.17, 15) is 4.79 Å². The number of rotatable bonds is 5. The molecule has 23 heavy (non-hydrogen) atoms. The Morgan fingerprint density at radius 1 is 1.48 bits per heavy atom. The van der Waals surface area contributed by atoms with E-state index >= 15 is 0 Å². The Morgan fingerprint density at radius 2 is 2.35 bits per heavy atom. The lowest BCUT2D eigenvalue weighted by Crippen LogP contribution is -2.32. The van der Waals surface area contributed by atoms with Gasteiger partial charge in [0.05, 0.1) is 13.0 Å². The fraction of sp³-hybridized carbons (Fsp3) is 0.438. The fourth-order valence-corrected chi connectivity index (χ4v) is 3.23. The van der Waals surface area contributed by atoms with Crippen LogP contribution in [0.25, 0.3) is 0 Å². The molecule has 6 nitrogen and oxygen atoms in total. The highest BCUT2D eigenvalue weighted by molar-refractivity contribution is 7.10. The lowest BCUT2D eigenvalue weighted by Gasteiger charge is -2.17. The number of nitrogens with zero attached hydrogens (tertiary/aromatic N) is 4. The highest BCUT2D eigenvalue weighted by Gasteiger charge is 2.28. The van der Waals surface area contributed by atoms with Gasteiger partial charge in [-0.05, 0) is 11.4 Å². The first-order valence-corrected chi connectivity index (χ1v) is 8.46. The normalized spacial score (nSPS) is 17.3. The van der Waals surface area contributed by atoms with Crippen molar-refractivity contribution in [2.24, 2.45) is 0 Å². The molecule has 2 aromatic rings. The van der Waals surface area contributed by atoms with Gasteiger partial charge in [0.25, 0.3) is 0 Å². The van der Waals surface area contributed by atoms with Crippen molar-refractivity contribution in [2.75, 3.05) is 32.1 Å². The van der Waals surface area contributed by atoms with Gasteiger partial charge in [0, 0.05) is 38.0 Å². The Bertz CT molecular complexity index is 660. The summed E-state index contributed by atoms with van der Waals surface area (Å²) in [6.45, 7) is 1.35. The van der Waals surface area contributed by atoms with Crippen molar-refractivity contribution in [3.8, 4) is 5.88 Å². The topological polar surface area (TPSA) is 58.6 Å². The van der Waals surface area contributed by atoms with E-state index < -0.39 is 0 Å². The van der Waals surface area contributed by atoms with E-state index in [2.05, 4.69) is 9.97 Å². The monoisotopic (exact) mass is 332 g/mol. The van der Waals surface area contributed by atoms with Crippen LogP contribution < -0.4 is 9.64 Å². The molecule has 1 fully saturated rings. The number of hydrogen-bond acceptors (Lipinski definition) is 6. The maximum Gasteiger partial charge on any atom is 0.227 e. The number of ether oxygens (including phenoxy) is 1. The van der Waals surface area contributed by atoms with Crippen molar-refractivity contribution in [1.82, 2.24) is 14.9 Å². The molecular formula is C16H20N4O2S. The molecule has 1 amide bonds. The Labute approximate surface area is 139 Å². The Morgan fingerprint density at radius 3 is 3.09 bits per heavy atom. The van der Waals surface area contributed by atoms with Crippen LogP contribution in [0.4, 0.5) is 5.82 Å². The van der Waals surface area contributed by atoms with Crippen molar-refractivity contribution in [3.05, 3.63) is 34.8 Å². The Hall–Kier alpha value is -2.15. The Balaban J connectivity index is 1.55. The van der Waals surface area contributed by atoms with E-state index in [0.29, 0.717) is 18.8 Å². The first-order chi connectivity index (χ1) is 11.1. The molecule has 0 bridgehead atoms. The molecule has 3 rings (SSSR count). The molecule has 1 atom stereocenters. The van der Waals surface area contributed by atoms with Crippen molar-refractivity contribution >= 4 is 23.1 Å². The van der Waals surface area contributed by atoms with E-state index in [4.69, 9.17) is 4.74 Å². The molecule has 0 N–H and O–H groups in total. The maximum atomic E-state index is 12.3. The number of carbonyl (C=O) groups is 1. The molecule has 0 spiro atoms. The first kappa shape index (κ1) is 15.7. The van der Waals surface area contributed by atoms with Gasteiger partial charge < -0.3 is 14.5 Å². The van der Waals surface area contributed by atoms with Crippen LogP contribution in [0.2, 0.25) is 0 Å². The maximum absolute atomic E-state index is 12.3. The van der Waals surface area contributed by atoms with Crippen LogP contribution in [0.1, 0.15) is 11.3 Å². The number of anilines is 1. The number of likely N-dealkylation sites (tertiary alicyclic amines) is 1. The third-order valence-electron chi connectivity index (χ3n) is 3.78. The molecule has 2 aromatic heterocycles. The van der Waals surface area contributed by atoms with Crippen LogP contribution in [0, 0.1) is 0 Å². The fourth-order valence-electron chi connectivity index (χ4n) is 2.53. The predicted octanol–water partition coefficient (Wildman–Crippen LogP) is 1.83. The van der Waals surface area contributed by atoms with E-state index in [-0.39, 0.29) is 12.0 Å². The SMILES string of the molecule is CN(C)c1cc(OC2CCN(C(=O)Cc3cccs3)C2)ncn1. The van der Waals surface area contributed by atoms with Gasteiger partial charge in [-0.25, -0.2) is 9.97 Å². The molecule has 1 aliphatic rings. The minimum Gasteiger partial charge on any atom is -0.472 e. The molecule has 1 aliphatic heterocycles. The third kappa shape index (κ3) is 3.98. The lowest BCUT2D eigenvalue weighted by molar-refractivity contribution is -0.129. The number of thiophene rings is 1. The average Bonchev–Trinajstić information content (AvgIpc) is 3.19. The van der Waals surface area contributed by atoms with Crippen molar-refractivity contribution in [1.29, 1.82) is 0 Å². The van der Waals surface area contributed by atoms with Crippen LogP contribution in [-0.4, -0.2) is 54.1 Å². The largest absolute Gasteiger partial charge is 0.472 e. The highest BCUT2D eigenvalue weighted by atomic mass is 32.1. The van der Waals surface area contributed by atoms with Gasteiger partial charge in [-0.3, -0.25) is 4.79 Å². The quantitative estimate of drug-likeness (QED) is 0.836. The van der Waals surface area contributed by atoms with Gasteiger partial charge >= 0.3 is 0 Å². The summed E-state index contributed by atoms with van der Waals surface area (Å²) in [5, 5.41) is 2.00. The first-order valence-electron chi connectivity index (χ1n) is 7.58. The summed E-state index contributed by atoms with van der Waals surface area (Å²) in [4.78, 5) is 25.5. The number of amides is 1. The van der Waals surface area contributed by atoms with Gasteiger partial charge in [0.15, 0.2) is 0 Å². The van der Waals surface area contributed by atoms with E-state index in [1.54, 1.807) is 11.3 Å². The van der Waals surface area contributed by atoms with Gasteiger partial charge in [-0.1, -0.05) is 6.07 Å². The highest BCUT2D eigenvalue weighted by Crippen LogP contribution is 2.20. The smallest absolute Gasteiger partial charge is 0.227 e. The predicted molar refractivity (Wildman–Crippen MR) is 90.0 cm³/mol. The summed E-state index contributed by atoms with van der Waals surface area (Å²) in [7, 11) is 3.85. The molecule has 0 aromatic carbocycles. The second-order valence-corrected chi connectivity index (χ2v) is 6.77. The van der Waals surface area contributed by atoms with Crippen molar-refractivity contribution < 1.29 is 9.53 Å². The minimum absolute atomic E-state index is 0.00722. The average molecular weight is 332 g/mol. The molecule has 7 heteroatoms. The zero-order valence-electron chi connectivity index (χ0n) is 13.3. The second-order valence-electron chi connectivity index (χ2n) is 5.73. The number of hydrogen-bond donors (Lipinski definition) is 0. The molecule has 1 unspecified atom stereocenters. The number of aromatic nitrogens is 2. The summed E-state index contributed by atoms with van der Waals surface area (Å²) in [5.74, 6) is 1.52. The molecule has 0 saturated carbocycles. The molecular weight excluding hydrogens is 312 g/mol. The van der Waals surface area contributed by atoms with E-state index in [0.717, 1.165) is 23.7 Å². The van der Waals surface area contributed by atoms with E-state index in [1.165, 1.54) is 6.33 Å². The summed E-state index contributed by atoms with van der Waals surface area (Å²) < 4.78 is 5.91. The molecule has 0 aliphatic carbocycles. The summed E-state index contributed by atoms with van der Waals surface area (Å²) in [6, 6.07) is 5.78. The van der Waals surface area contributed by atoms with Gasteiger partial charge in [-0.2, -0.15) is 0 Å². The van der Waals surface area contributed by atoms with Crippen molar-refractivity contribution in [3.63, 3.8) is 0 Å². The van der Waals surface area contributed by atoms with Crippen LogP contribution >= 0.6 is 11.3 Å². The van der Waals surface area contributed by atoms with Crippen LogP contribution in [0.15, 0.2) is 29.9 Å². The second kappa shape index (κ2) is 6.95. The Kier molecular flexibility index (Phi) is 4.76. The zero-order valence-corrected chi connectivity index (χ0v) is 14.1.